The number of hydrogen-bond acceptors (Lipinski definition) is 5. The van der Waals surface area contributed by atoms with Crippen molar-refractivity contribution >= 4 is 11.6 Å². The van der Waals surface area contributed by atoms with Crippen molar-refractivity contribution in [3.63, 3.8) is 0 Å². The highest BCUT2D eigenvalue weighted by molar-refractivity contribution is 5.78. The van der Waals surface area contributed by atoms with Crippen LogP contribution in [-0.2, 0) is 16.1 Å². The summed E-state index contributed by atoms with van der Waals surface area (Å²) in [6.45, 7) is 7.43. The quantitative estimate of drug-likeness (QED) is 0.397. The maximum Gasteiger partial charge on any atom is 0.269 e. The number of nitrogens with zero attached hydrogens (tertiary/aromatic N) is 3. The minimum Gasteiger partial charge on any atom is -0.383 e. The van der Waals surface area contributed by atoms with E-state index in [1.54, 1.807) is 31.4 Å². The molecule has 1 amide bonds. The standard InChI is InChI=1S/C25H32FN3O4/c1-18(2)25(30)28(11-12-33-3)16-21-15-27(14-19-7-9-23(10-8-19)29(31)32)17-24(21)20-5-4-6-22(26)13-20/h4-10,13,18,21,24H,11-12,14-17H2,1-3H3/t21-,24+/m0/s1. The van der Waals surface area contributed by atoms with E-state index >= 15 is 0 Å². The Morgan fingerprint density at radius 1 is 1.24 bits per heavy atom. The second kappa shape index (κ2) is 11.3. The first-order chi connectivity index (χ1) is 15.8. The lowest BCUT2D eigenvalue weighted by Gasteiger charge is -2.29. The van der Waals surface area contributed by atoms with E-state index in [-0.39, 0.29) is 35.2 Å². The van der Waals surface area contributed by atoms with Gasteiger partial charge in [0.1, 0.15) is 5.82 Å². The van der Waals surface area contributed by atoms with Gasteiger partial charge in [0.2, 0.25) is 5.91 Å². The Bertz CT molecular complexity index is 951. The molecule has 2 atom stereocenters. The van der Waals surface area contributed by atoms with Gasteiger partial charge >= 0.3 is 0 Å². The van der Waals surface area contributed by atoms with E-state index in [9.17, 15) is 19.3 Å². The Morgan fingerprint density at radius 2 is 1.97 bits per heavy atom. The van der Waals surface area contributed by atoms with Gasteiger partial charge in [0, 0.05) is 63.8 Å². The van der Waals surface area contributed by atoms with Gasteiger partial charge in [-0.05, 0) is 29.2 Å². The molecule has 1 aliphatic rings. The van der Waals surface area contributed by atoms with Crippen LogP contribution in [0.5, 0.6) is 0 Å². The van der Waals surface area contributed by atoms with Gasteiger partial charge in [0.05, 0.1) is 11.5 Å². The van der Waals surface area contributed by atoms with Crippen molar-refractivity contribution in [3.05, 3.63) is 75.6 Å². The summed E-state index contributed by atoms with van der Waals surface area (Å²) in [6, 6.07) is 13.3. The second-order valence-electron chi connectivity index (χ2n) is 8.97. The number of amides is 1. The molecule has 33 heavy (non-hydrogen) atoms. The van der Waals surface area contributed by atoms with Gasteiger partial charge in [-0.1, -0.05) is 38.1 Å². The van der Waals surface area contributed by atoms with Gasteiger partial charge in [-0.3, -0.25) is 19.8 Å². The number of rotatable bonds is 10. The van der Waals surface area contributed by atoms with E-state index in [1.807, 2.05) is 24.8 Å². The molecule has 0 spiro atoms. The molecule has 0 aliphatic carbocycles. The largest absolute Gasteiger partial charge is 0.383 e. The van der Waals surface area contributed by atoms with Crippen molar-refractivity contribution in [2.75, 3.05) is 39.9 Å². The first kappa shape index (κ1) is 24.8. The molecule has 1 heterocycles. The van der Waals surface area contributed by atoms with Gasteiger partial charge in [-0.2, -0.15) is 0 Å². The molecule has 2 aromatic carbocycles. The lowest BCUT2D eigenvalue weighted by atomic mass is 9.88. The van der Waals surface area contributed by atoms with Gasteiger partial charge in [-0.15, -0.1) is 0 Å². The summed E-state index contributed by atoms with van der Waals surface area (Å²) in [5.74, 6) is -0.103. The molecule has 0 bridgehead atoms. The van der Waals surface area contributed by atoms with E-state index in [1.165, 1.54) is 18.2 Å². The Labute approximate surface area is 194 Å². The lowest BCUT2D eigenvalue weighted by Crippen LogP contribution is -2.41. The third kappa shape index (κ3) is 6.58. The summed E-state index contributed by atoms with van der Waals surface area (Å²) in [5.41, 5.74) is 1.97. The van der Waals surface area contributed by atoms with Crippen LogP contribution in [-0.4, -0.2) is 60.5 Å². The minimum atomic E-state index is -0.407. The highest BCUT2D eigenvalue weighted by Gasteiger charge is 2.36. The summed E-state index contributed by atoms with van der Waals surface area (Å²) in [4.78, 5) is 27.5. The Morgan fingerprint density at radius 3 is 2.58 bits per heavy atom. The molecule has 1 saturated heterocycles. The number of carbonyl (C=O) groups excluding carboxylic acids is 1. The predicted molar refractivity (Wildman–Crippen MR) is 124 cm³/mol. The SMILES string of the molecule is COCCN(C[C@@H]1CN(Cc2ccc([N+](=O)[O-])cc2)C[C@@H]1c1cccc(F)c1)C(=O)C(C)C. The third-order valence-electron chi connectivity index (χ3n) is 6.17. The maximum absolute atomic E-state index is 14.0. The van der Waals surface area contributed by atoms with Crippen LogP contribution in [0.2, 0.25) is 0 Å². The number of nitro groups is 1. The smallest absolute Gasteiger partial charge is 0.269 e. The topological polar surface area (TPSA) is 75.9 Å². The summed E-state index contributed by atoms with van der Waals surface area (Å²) >= 11 is 0. The summed E-state index contributed by atoms with van der Waals surface area (Å²) < 4.78 is 19.2. The van der Waals surface area contributed by atoms with Crippen LogP contribution in [0.4, 0.5) is 10.1 Å². The molecule has 0 radical (unpaired) electrons. The van der Waals surface area contributed by atoms with Crippen LogP contribution in [0.3, 0.4) is 0 Å². The number of halogens is 1. The first-order valence-corrected chi connectivity index (χ1v) is 11.3. The fourth-order valence-electron chi connectivity index (χ4n) is 4.51. The number of methoxy groups -OCH3 is 1. The molecule has 7 nitrogen and oxygen atoms in total. The zero-order valence-electron chi connectivity index (χ0n) is 19.4. The Hall–Kier alpha value is -2.84. The Balaban J connectivity index is 1.80. The average Bonchev–Trinajstić information content (AvgIpc) is 3.18. The fourth-order valence-corrected chi connectivity index (χ4v) is 4.51. The summed E-state index contributed by atoms with van der Waals surface area (Å²) in [7, 11) is 1.62. The van der Waals surface area contributed by atoms with Gasteiger partial charge in [-0.25, -0.2) is 4.39 Å². The second-order valence-corrected chi connectivity index (χ2v) is 8.97. The molecule has 3 rings (SSSR count). The Kier molecular flexibility index (Phi) is 8.52. The maximum atomic E-state index is 14.0. The number of ether oxygens (including phenoxy) is 1. The molecule has 2 aromatic rings. The van der Waals surface area contributed by atoms with Crippen molar-refractivity contribution in [2.24, 2.45) is 11.8 Å². The van der Waals surface area contributed by atoms with E-state index in [0.29, 0.717) is 26.2 Å². The number of carbonyl (C=O) groups is 1. The molecular formula is C25H32FN3O4. The normalized spacial score (nSPS) is 18.6. The van der Waals surface area contributed by atoms with E-state index in [0.717, 1.165) is 24.2 Å². The molecule has 0 N–H and O–H groups in total. The monoisotopic (exact) mass is 457 g/mol. The van der Waals surface area contributed by atoms with Gasteiger partial charge < -0.3 is 9.64 Å². The van der Waals surface area contributed by atoms with Crippen molar-refractivity contribution in [3.8, 4) is 0 Å². The minimum absolute atomic E-state index is 0.0664. The molecule has 178 valence electrons. The zero-order valence-corrected chi connectivity index (χ0v) is 19.4. The van der Waals surface area contributed by atoms with E-state index in [4.69, 9.17) is 4.74 Å². The number of nitro benzene ring substituents is 1. The van der Waals surface area contributed by atoms with Crippen molar-refractivity contribution in [2.45, 2.75) is 26.3 Å². The van der Waals surface area contributed by atoms with Crippen molar-refractivity contribution in [1.29, 1.82) is 0 Å². The molecule has 1 fully saturated rings. The first-order valence-electron chi connectivity index (χ1n) is 11.3. The number of hydrogen-bond donors (Lipinski definition) is 0. The molecule has 0 saturated carbocycles. The van der Waals surface area contributed by atoms with Crippen LogP contribution < -0.4 is 0 Å². The van der Waals surface area contributed by atoms with Crippen LogP contribution in [0.15, 0.2) is 48.5 Å². The zero-order chi connectivity index (χ0) is 24.0. The number of non-ortho nitro benzene ring substituents is 1. The van der Waals surface area contributed by atoms with Crippen LogP contribution in [0, 0.1) is 27.8 Å². The van der Waals surface area contributed by atoms with Crippen LogP contribution in [0.1, 0.15) is 30.9 Å². The lowest BCUT2D eigenvalue weighted by molar-refractivity contribution is -0.384. The fraction of sp³-hybridized carbons (Fsp3) is 0.480. The highest BCUT2D eigenvalue weighted by atomic mass is 19.1. The number of likely N-dealkylation sites (tertiary alicyclic amines) is 1. The molecule has 1 aliphatic heterocycles. The van der Waals surface area contributed by atoms with Gasteiger partial charge in [0.25, 0.3) is 5.69 Å². The average molecular weight is 458 g/mol. The summed E-state index contributed by atoms with van der Waals surface area (Å²) in [5, 5.41) is 10.9. The molecule has 0 aromatic heterocycles. The number of benzene rings is 2. The predicted octanol–water partition coefficient (Wildman–Crippen LogP) is 4.08. The van der Waals surface area contributed by atoms with Gasteiger partial charge in [0.15, 0.2) is 0 Å². The molecule has 8 heteroatoms. The third-order valence-corrected chi connectivity index (χ3v) is 6.17. The molecule has 0 unspecified atom stereocenters. The van der Waals surface area contributed by atoms with Crippen molar-refractivity contribution < 1.29 is 18.8 Å². The van der Waals surface area contributed by atoms with Crippen LogP contribution >= 0.6 is 0 Å². The van der Waals surface area contributed by atoms with E-state index in [2.05, 4.69) is 4.90 Å². The van der Waals surface area contributed by atoms with Crippen molar-refractivity contribution in [1.82, 2.24) is 9.80 Å². The van der Waals surface area contributed by atoms with Crippen LogP contribution in [0.25, 0.3) is 0 Å². The summed E-state index contributed by atoms with van der Waals surface area (Å²) in [6.07, 6.45) is 0. The highest BCUT2D eigenvalue weighted by Crippen LogP contribution is 2.35. The molecular weight excluding hydrogens is 425 g/mol. The van der Waals surface area contributed by atoms with E-state index < -0.39 is 4.92 Å².